The number of hydrogen-bond donors (Lipinski definition) is 3. The molecular formula is C13H16N4O2. The Bertz CT molecular complexity index is 679. The normalized spacial score (nSPS) is 16.0. The van der Waals surface area contributed by atoms with Gasteiger partial charge in [-0.05, 0) is 31.0 Å². The van der Waals surface area contributed by atoms with Crippen LogP contribution in [0, 0.1) is 0 Å². The fourth-order valence-corrected chi connectivity index (χ4v) is 2.64. The van der Waals surface area contributed by atoms with Crippen molar-refractivity contribution in [3.63, 3.8) is 0 Å². The minimum absolute atomic E-state index is 0.179. The molecule has 1 aromatic carbocycles. The Hall–Kier alpha value is -2.24. The van der Waals surface area contributed by atoms with Gasteiger partial charge < -0.3 is 16.0 Å². The second-order valence-corrected chi connectivity index (χ2v) is 4.97. The number of nitrogen functional groups attached to an aromatic ring is 1. The van der Waals surface area contributed by atoms with Crippen LogP contribution in [0.1, 0.15) is 25.7 Å². The van der Waals surface area contributed by atoms with Crippen LogP contribution in [0.2, 0.25) is 0 Å². The molecule has 4 N–H and O–H groups in total. The fraction of sp³-hybridized carbons (Fsp3) is 0.385. The number of nitrogens with two attached hydrogens (primary N) is 1. The van der Waals surface area contributed by atoms with Gasteiger partial charge >= 0.3 is 11.7 Å². The summed E-state index contributed by atoms with van der Waals surface area (Å²) in [6.07, 6.45) is 4.22. The summed E-state index contributed by atoms with van der Waals surface area (Å²) in [5.41, 5.74) is 6.90. The maximum Gasteiger partial charge on any atom is 0.334 e. The van der Waals surface area contributed by atoms with Crippen molar-refractivity contribution in [3.8, 4) is 0 Å². The van der Waals surface area contributed by atoms with Crippen LogP contribution in [0.4, 0.5) is 10.5 Å². The summed E-state index contributed by atoms with van der Waals surface area (Å²) >= 11 is 0. The van der Waals surface area contributed by atoms with Crippen molar-refractivity contribution in [3.05, 3.63) is 28.7 Å². The monoisotopic (exact) mass is 260 g/mol. The Labute approximate surface area is 109 Å². The molecule has 0 atom stereocenters. The minimum atomic E-state index is -0.434. The average Bonchev–Trinajstić information content (AvgIpc) is 2.95. The van der Waals surface area contributed by atoms with Crippen molar-refractivity contribution < 1.29 is 4.79 Å². The van der Waals surface area contributed by atoms with Crippen LogP contribution in [0.3, 0.4) is 0 Å². The predicted octanol–water partition coefficient (Wildman–Crippen LogP) is 1.41. The number of aromatic amines is 1. The highest BCUT2D eigenvalue weighted by Crippen LogP contribution is 2.18. The van der Waals surface area contributed by atoms with E-state index < -0.39 is 5.69 Å². The largest absolute Gasteiger partial charge is 0.399 e. The summed E-state index contributed by atoms with van der Waals surface area (Å²) in [6, 6.07) is 4.81. The third kappa shape index (κ3) is 2.09. The van der Waals surface area contributed by atoms with Gasteiger partial charge in [0.25, 0.3) is 0 Å². The molecule has 1 saturated carbocycles. The molecule has 1 aliphatic carbocycles. The van der Waals surface area contributed by atoms with Gasteiger partial charge in [0.2, 0.25) is 0 Å². The number of carbonyl (C=O) groups is 1. The van der Waals surface area contributed by atoms with Crippen molar-refractivity contribution in [1.82, 2.24) is 14.9 Å². The fourth-order valence-electron chi connectivity index (χ4n) is 2.64. The molecule has 1 fully saturated rings. The van der Waals surface area contributed by atoms with Gasteiger partial charge in [-0.1, -0.05) is 12.8 Å². The number of benzene rings is 1. The number of rotatable bonds is 1. The Kier molecular flexibility index (Phi) is 2.77. The van der Waals surface area contributed by atoms with E-state index in [9.17, 15) is 9.59 Å². The van der Waals surface area contributed by atoms with E-state index in [2.05, 4.69) is 10.3 Å². The van der Waals surface area contributed by atoms with Crippen LogP contribution in [-0.2, 0) is 0 Å². The van der Waals surface area contributed by atoms with Crippen molar-refractivity contribution in [2.24, 2.45) is 0 Å². The van der Waals surface area contributed by atoms with Gasteiger partial charge in [-0.15, -0.1) is 0 Å². The molecule has 0 spiro atoms. The average molecular weight is 260 g/mol. The smallest absolute Gasteiger partial charge is 0.334 e. The van der Waals surface area contributed by atoms with Crippen LogP contribution < -0.4 is 16.7 Å². The number of anilines is 1. The van der Waals surface area contributed by atoms with E-state index >= 15 is 0 Å². The molecule has 1 heterocycles. The Morgan fingerprint density at radius 1 is 1.37 bits per heavy atom. The SMILES string of the molecule is Nc1ccc2c(c1)[nH]c(=O)n2C(=O)NC1CCCC1. The summed E-state index contributed by atoms with van der Waals surface area (Å²) in [5, 5.41) is 2.90. The number of amides is 1. The van der Waals surface area contributed by atoms with Crippen molar-refractivity contribution >= 4 is 22.8 Å². The molecule has 0 radical (unpaired) electrons. The standard InChI is InChI=1S/C13H16N4O2/c14-8-5-6-11-10(7-8)16-13(19)17(11)12(18)15-9-3-1-2-4-9/h5-7,9H,1-4,14H2,(H,15,18)(H,16,19). The second kappa shape index (κ2) is 4.46. The number of imidazole rings is 1. The number of hydrogen-bond acceptors (Lipinski definition) is 3. The highest BCUT2D eigenvalue weighted by Gasteiger charge is 2.20. The number of fused-ring (bicyclic) bond motifs is 1. The number of aromatic nitrogens is 2. The highest BCUT2D eigenvalue weighted by atomic mass is 16.2. The molecular weight excluding hydrogens is 244 g/mol. The zero-order chi connectivity index (χ0) is 13.4. The van der Waals surface area contributed by atoms with Gasteiger partial charge in [-0.3, -0.25) is 0 Å². The molecule has 1 amide bonds. The lowest BCUT2D eigenvalue weighted by Crippen LogP contribution is -2.40. The molecule has 0 saturated heterocycles. The first-order valence-corrected chi connectivity index (χ1v) is 6.46. The van der Waals surface area contributed by atoms with Crippen LogP contribution in [0.15, 0.2) is 23.0 Å². The number of nitrogens with one attached hydrogen (secondary N) is 2. The predicted molar refractivity (Wildman–Crippen MR) is 73.2 cm³/mol. The van der Waals surface area contributed by atoms with Gasteiger partial charge in [0.1, 0.15) is 0 Å². The molecule has 100 valence electrons. The summed E-state index contributed by atoms with van der Waals surface area (Å²) in [7, 11) is 0. The Morgan fingerprint density at radius 2 is 2.11 bits per heavy atom. The molecule has 19 heavy (non-hydrogen) atoms. The number of nitrogens with zero attached hydrogens (tertiary/aromatic N) is 1. The van der Waals surface area contributed by atoms with Gasteiger partial charge in [-0.25, -0.2) is 14.2 Å². The van der Waals surface area contributed by atoms with E-state index in [0.29, 0.717) is 16.7 Å². The Balaban J connectivity index is 1.97. The summed E-state index contributed by atoms with van der Waals surface area (Å²) < 4.78 is 1.13. The first-order valence-electron chi connectivity index (χ1n) is 6.46. The third-order valence-corrected chi connectivity index (χ3v) is 3.59. The van der Waals surface area contributed by atoms with Crippen LogP contribution >= 0.6 is 0 Å². The summed E-state index contributed by atoms with van der Waals surface area (Å²) in [4.78, 5) is 26.7. The van der Waals surface area contributed by atoms with Gasteiger partial charge in [0.05, 0.1) is 11.0 Å². The van der Waals surface area contributed by atoms with E-state index in [1.165, 1.54) is 0 Å². The first-order chi connectivity index (χ1) is 9.15. The van der Waals surface area contributed by atoms with Crippen LogP contribution in [-0.4, -0.2) is 21.6 Å². The zero-order valence-electron chi connectivity index (χ0n) is 10.5. The topological polar surface area (TPSA) is 92.9 Å². The van der Waals surface area contributed by atoms with Gasteiger partial charge in [0.15, 0.2) is 0 Å². The molecule has 6 nitrogen and oxygen atoms in total. The Morgan fingerprint density at radius 3 is 2.84 bits per heavy atom. The first kappa shape index (κ1) is 11.8. The van der Waals surface area contributed by atoms with E-state index in [1.54, 1.807) is 18.2 Å². The van der Waals surface area contributed by atoms with E-state index in [1.807, 2.05) is 0 Å². The highest BCUT2D eigenvalue weighted by molar-refractivity contribution is 5.90. The van der Waals surface area contributed by atoms with Crippen molar-refractivity contribution in [2.75, 3.05) is 5.73 Å². The molecule has 3 rings (SSSR count). The van der Waals surface area contributed by atoms with E-state index in [-0.39, 0.29) is 12.1 Å². The van der Waals surface area contributed by atoms with Gasteiger partial charge in [0, 0.05) is 11.7 Å². The minimum Gasteiger partial charge on any atom is -0.399 e. The molecule has 6 heteroatoms. The van der Waals surface area contributed by atoms with E-state index in [0.717, 1.165) is 30.3 Å². The molecule has 0 bridgehead atoms. The lowest BCUT2D eigenvalue weighted by atomic mass is 10.2. The van der Waals surface area contributed by atoms with Crippen LogP contribution in [0.25, 0.3) is 11.0 Å². The molecule has 0 aliphatic heterocycles. The molecule has 0 unspecified atom stereocenters. The maximum absolute atomic E-state index is 12.2. The summed E-state index contributed by atoms with van der Waals surface area (Å²) in [6.45, 7) is 0. The lowest BCUT2D eigenvalue weighted by molar-refractivity contribution is 0.239. The molecule has 2 aromatic rings. The van der Waals surface area contributed by atoms with E-state index in [4.69, 9.17) is 5.73 Å². The van der Waals surface area contributed by atoms with Crippen LogP contribution in [0.5, 0.6) is 0 Å². The summed E-state index contributed by atoms with van der Waals surface area (Å²) in [5.74, 6) is 0. The second-order valence-electron chi connectivity index (χ2n) is 4.97. The molecule has 1 aliphatic rings. The quantitative estimate of drug-likeness (QED) is 0.677. The number of carbonyl (C=O) groups excluding carboxylic acids is 1. The third-order valence-electron chi connectivity index (χ3n) is 3.59. The van der Waals surface area contributed by atoms with Crippen molar-refractivity contribution in [1.29, 1.82) is 0 Å². The molecule has 1 aromatic heterocycles. The van der Waals surface area contributed by atoms with Gasteiger partial charge in [-0.2, -0.15) is 0 Å². The van der Waals surface area contributed by atoms with Crippen molar-refractivity contribution in [2.45, 2.75) is 31.7 Å². The maximum atomic E-state index is 12.2. The number of H-pyrrole nitrogens is 1. The zero-order valence-corrected chi connectivity index (χ0v) is 10.5. The lowest BCUT2D eigenvalue weighted by Gasteiger charge is -2.11.